The van der Waals surface area contributed by atoms with Gasteiger partial charge in [0.05, 0.1) is 18.5 Å². The minimum absolute atomic E-state index is 0.172. The van der Waals surface area contributed by atoms with Gasteiger partial charge in [-0.25, -0.2) is 19.2 Å². The molecule has 1 atom stereocenters. The van der Waals surface area contributed by atoms with Gasteiger partial charge in [0.1, 0.15) is 11.6 Å². The van der Waals surface area contributed by atoms with E-state index in [4.69, 9.17) is 14.6 Å². The summed E-state index contributed by atoms with van der Waals surface area (Å²) in [5.74, 6) is -1.29. The lowest BCUT2D eigenvalue weighted by atomic mass is 10.0. The van der Waals surface area contributed by atoms with Crippen molar-refractivity contribution in [3.63, 3.8) is 0 Å². The van der Waals surface area contributed by atoms with Crippen molar-refractivity contribution < 1.29 is 23.8 Å². The number of carboxylic acids is 1. The SMILES string of the molecule is CCOc1cc(-c2ccc(F)c(O[C@@H](C)C(=O)O)c2)ccc1-c1nc2nc[nH]c2c(=O)[nH]1. The first kappa shape index (κ1) is 21.0. The van der Waals surface area contributed by atoms with Gasteiger partial charge in [-0.3, -0.25) is 4.79 Å². The fourth-order valence-corrected chi connectivity index (χ4v) is 3.16. The molecule has 0 aliphatic carbocycles. The predicted octanol–water partition coefficient (Wildman–Crippen LogP) is 3.37. The van der Waals surface area contributed by atoms with Gasteiger partial charge in [0.15, 0.2) is 28.8 Å². The Balaban J connectivity index is 1.76. The number of aliphatic carboxylic acids is 1. The number of benzene rings is 2. The number of halogens is 1. The van der Waals surface area contributed by atoms with Crippen LogP contribution < -0.4 is 15.0 Å². The zero-order valence-corrected chi connectivity index (χ0v) is 17.2. The molecule has 0 unspecified atom stereocenters. The van der Waals surface area contributed by atoms with Gasteiger partial charge in [0, 0.05) is 0 Å². The quantitative estimate of drug-likeness (QED) is 0.403. The number of nitrogens with zero attached hydrogens (tertiary/aromatic N) is 2. The molecule has 2 aromatic carbocycles. The molecule has 2 aromatic heterocycles. The molecule has 9 nitrogen and oxygen atoms in total. The van der Waals surface area contributed by atoms with Crippen molar-refractivity contribution in [2.24, 2.45) is 0 Å². The van der Waals surface area contributed by atoms with E-state index in [0.29, 0.717) is 34.9 Å². The van der Waals surface area contributed by atoms with E-state index in [-0.39, 0.29) is 22.5 Å². The van der Waals surface area contributed by atoms with Crippen molar-refractivity contribution in [1.82, 2.24) is 19.9 Å². The fourth-order valence-electron chi connectivity index (χ4n) is 3.16. The van der Waals surface area contributed by atoms with E-state index >= 15 is 0 Å². The first-order valence-corrected chi connectivity index (χ1v) is 9.77. The number of fused-ring (bicyclic) bond motifs is 1. The molecule has 0 saturated heterocycles. The van der Waals surface area contributed by atoms with E-state index in [2.05, 4.69) is 19.9 Å². The Morgan fingerprint density at radius 2 is 1.91 bits per heavy atom. The minimum Gasteiger partial charge on any atom is -0.493 e. The average Bonchev–Trinajstić information content (AvgIpc) is 3.25. The van der Waals surface area contributed by atoms with Crippen LogP contribution in [0.1, 0.15) is 13.8 Å². The molecule has 4 rings (SSSR count). The third kappa shape index (κ3) is 4.02. The van der Waals surface area contributed by atoms with Gasteiger partial charge in [0.2, 0.25) is 0 Å². The maximum absolute atomic E-state index is 14.1. The Morgan fingerprint density at radius 1 is 1.19 bits per heavy atom. The number of aromatic amines is 2. The molecule has 10 heteroatoms. The van der Waals surface area contributed by atoms with Crippen molar-refractivity contribution in [1.29, 1.82) is 0 Å². The highest BCUT2D eigenvalue weighted by Gasteiger charge is 2.17. The number of ether oxygens (including phenoxy) is 2. The lowest BCUT2D eigenvalue weighted by Gasteiger charge is -2.14. The van der Waals surface area contributed by atoms with Crippen LogP contribution in [-0.2, 0) is 4.79 Å². The Morgan fingerprint density at radius 3 is 2.62 bits per heavy atom. The zero-order chi connectivity index (χ0) is 22.8. The number of carboxylic acid groups (broad SMARTS) is 1. The molecule has 164 valence electrons. The first-order valence-electron chi connectivity index (χ1n) is 9.77. The lowest BCUT2D eigenvalue weighted by molar-refractivity contribution is -0.144. The van der Waals surface area contributed by atoms with E-state index in [1.54, 1.807) is 24.3 Å². The normalized spacial score (nSPS) is 12.0. The maximum Gasteiger partial charge on any atom is 0.344 e. The summed E-state index contributed by atoms with van der Waals surface area (Å²) >= 11 is 0. The van der Waals surface area contributed by atoms with E-state index in [0.717, 1.165) is 0 Å². The van der Waals surface area contributed by atoms with Crippen LogP contribution in [0, 0.1) is 5.82 Å². The lowest BCUT2D eigenvalue weighted by Crippen LogP contribution is -2.23. The summed E-state index contributed by atoms with van der Waals surface area (Å²) in [6.07, 6.45) is 0.184. The molecule has 0 radical (unpaired) electrons. The summed E-state index contributed by atoms with van der Waals surface area (Å²) in [5, 5.41) is 9.02. The molecule has 0 fully saturated rings. The van der Waals surface area contributed by atoms with Gasteiger partial charge in [-0.15, -0.1) is 0 Å². The summed E-state index contributed by atoms with van der Waals surface area (Å²) < 4.78 is 25.1. The number of hydrogen-bond donors (Lipinski definition) is 3. The van der Waals surface area contributed by atoms with Crippen molar-refractivity contribution in [3.05, 3.63) is 58.9 Å². The molecule has 2 heterocycles. The molecule has 0 aliphatic heterocycles. The van der Waals surface area contributed by atoms with Crippen molar-refractivity contribution in [3.8, 4) is 34.0 Å². The average molecular weight is 438 g/mol. The van der Waals surface area contributed by atoms with Crippen LogP contribution in [-0.4, -0.2) is 43.7 Å². The Bertz CT molecular complexity index is 1360. The summed E-state index contributed by atoms with van der Waals surface area (Å²) in [4.78, 5) is 37.2. The third-order valence-electron chi connectivity index (χ3n) is 4.75. The second kappa shape index (κ2) is 8.50. The van der Waals surface area contributed by atoms with Crippen LogP contribution in [0.4, 0.5) is 4.39 Å². The fraction of sp³-hybridized carbons (Fsp3) is 0.182. The molecule has 0 aliphatic rings. The Labute approximate surface area is 180 Å². The van der Waals surface area contributed by atoms with E-state index in [9.17, 15) is 14.0 Å². The standard InChI is InChI=1S/C22H19FN4O5/c1-3-31-16-8-12(13-5-7-15(23)17(9-13)32-11(2)22(29)30)4-6-14(16)19-26-20-18(21(28)27-19)24-10-25-20/h4-11H,3H2,1-2H3,(H,29,30)(H2,24,25,26,27,28)/t11-/m0/s1. The zero-order valence-electron chi connectivity index (χ0n) is 17.2. The van der Waals surface area contributed by atoms with Crippen LogP contribution in [0.3, 0.4) is 0 Å². The van der Waals surface area contributed by atoms with Gasteiger partial charge in [-0.05, 0) is 49.2 Å². The van der Waals surface area contributed by atoms with E-state index < -0.39 is 17.9 Å². The summed E-state index contributed by atoms with van der Waals surface area (Å²) in [7, 11) is 0. The van der Waals surface area contributed by atoms with Gasteiger partial charge in [-0.2, -0.15) is 0 Å². The predicted molar refractivity (Wildman–Crippen MR) is 114 cm³/mol. The summed E-state index contributed by atoms with van der Waals surface area (Å²) in [5.41, 5.74) is 2.02. The number of nitrogens with one attached hydrogen (secondary N) is 2. The third-order valence-corrected chi connectivity index (χ3v) is 4.75. The molecule has 0 saturated carbocycles. The molecule has 4 aromatic rings. The second-order valence-electron chi connectivity index (χ2n) is 6.90. The highest BCUT2D eigenvalue weighted by atomic mass is 19.1. The van der Waals surface area contributed by atoms with Gasteiger partial charge in [0.25, 0.3) is 5.56 Å². The first-order chi connectivity index (χ1) is 15.4. The number of carbonyl (C=O) groups is 1. The minimum atomic E-state index is -1.21. The summed E-state index contributed by atoms with van der Waals surface area (Å²) in [6.45, 7) is 3.50. The Kier molecular flexibility index (Phi) is 5.59. The monoisotopic (exact) mass is 438 g/mol. The van der Waals surface area contributed by atoms with E-state index in [1.807, 2.05) is 6.92 Å². The van der Waals surface area contributed by atoms with Crippen LogP contribution in [0.2, 0.25) is 0 Å². The number of rotatable bonds is 7. The number of hydrogen-bond acceptors (Lipinski definition) is 6. The molecule has 0 spiro atoms. The van der Waals surface area contributed by atoms with Gasteiger partial charge in [-0.1, -0.05) is 12.1 Å². The van der Waals surface area contributed by atoms with Crippen LogP contribution in [0.15, 0.2) is 47.5 Å². The van der Waals surface area contributed by atoms with Crippen LogP contribution in [0.25, 0.3) is 33.7 Å². The van der Waals surface area contributed by atoms with Crippen LogP contribution >= 0.6 is 0 Å². The van der Waals surface area contributed by atoms with Gasteiger partial charge >= 0.3 is 5.97 Å². The summed E-state index contributed by atoms with van der Waals surface area (Å²) in [6, 6.07) is 9.39. The molecule has 0 bridgehead atoms. The van der Waals surface area contributed by atoms with Crippen LogP contribution in [0.5, 0.6) is 11.5 Å². The van der Waals surface area contributed by atoms with E-state index in [1.165, 1.54) is 25.4 Å². The highest BCUT2D eigenvalue weighted by Crippen LogP contribution is 2.34. The Hall–Kier alpha value is -4.21. The molecule has 32 heavy (non-hydrogen) atoms. The molecule has 0 amide bonds. The highest BCUT2D eigenvalue weighted by molar-refractivity contribution is 5.77. The molecular formula is C22H19FN4O5. The number of aromatic nitrogens is 4. The second-order valence-corrected chi connectivity index (χ2v) is 6.90. The van der Waals surface area contributed by atoms with Crippen molar-refractivity contribution >= 4 is 17.1 Å². The molecular weight excluding hydrogens is 419 g/mol. The smallest absolute Gasteiger partial charge is 0.344 e. The number of imidazole rings is 1. The number of H-pyrrole nitrogens is 2. The topological polar surface area (TPSA) is 130 Å². The van der Waals surface area contributed by atoms with Gasteiger partial charge < -0.3 is 24.5 Å². The van der Waals surface area contributed by atoms with Crippen molar-refractivity contribution in [2.75, 3.05) is 6.61 Å². The maximum atomic E-state index is 14.1. The van der Waals surface area contributed by atoms with Crippen molar-refractivity contribution in [2.45, 2.75) is 20.0 Å². The molecule has 3 N–H and O–H groups in total. The largest absolute Gasteiger partial charge is 0.493 e.